The number of hydrogen-bond donors (Lipinski definition) is 1. The molecule has 1 amide bonds. The van der Waals surface area contributed by atoms with Crippen LogP contribution < -0.4 is 14.8 Å². The van der Waals surface area contributed by atoms with E-state index in [-0.39, 0.29) is 18.3 Å². The molecule has 1 heterocycles. The van der Waals surface area contributed by atoms with Gasteiger partial charge in [-0.15, -0.1) is 10.2 Å². The average molecular weight is 465 g/mol. The van der Waals surface area contributed by atoms with Gasteiger partial charge in [-0.2, -0.15) is 0 Å². The second kappa shape index (κ2) is 10.6. The highest BCUT2D eigenvalue weighted by Crippen LogP contribution is 2.24. The highest BCUT2D eigenvalue weighted by atomic mass is 32.2. The Morgan fingerprint density at radius 2 is 1.76 bits per heavy atom. The first-order valence-electron chi connectivity index (χ1n) is 10.1. The molecular formula is C24H21FN4O3S. The van der Waals surface area contributed by atoms with Crippen LogP contribution in [0.25, 0.3) is 5.69 Å². The number of thioether (sulfide) groups is 1. The molecule has 168 valence electrons. The van der Waals surface area contributed by atoms with E-state index in [1.54, 1.807) is 19.2 Å². The second-order valence-electron chi connectivity index (χ2n) is 6.88. The van der Waals surface area contributed by atoms with Crippen LogP contribution in [0.3, 0.4) is 0 Å². The van der Waals surface area contributed by atoms with Crippen molar-refractivity contribution in [2.75, 3.05) is 18.2 Å². The predicted molar refractivity (Wildman–Crippen MR) is 124 cm³/mol. The van der Waals surface area contributed by atoms with Crippen LogP contribution in [0.4, 0.5) is 10.1 Å². The van der Waals surface area contributed by atoms with Crippen molar-refractivity contribution < 1.29 is 18.7 Å². The fourth-order valence-electron chi connectivity index (χ4n) is 3.04. The Labute approximate surface area is 194 Å². The number of carbonyl (C=O) groups excluding carboxylic acids is 1. The summed E-state index contributed by atoms with van der Waals surface area (Å²) in [6, 6.07) is 22.6. The van der Waals surface area contributed by atoms with Crippen molar-refractivity contribution in [3.63, 3.8) is 0 Å². The number of hydrogen-bond acceptors (Lipinski definition) is 6. The summed E-state index contributed by atoms with van der Waals surface area (Å²) in [5.74, 6) is 1.40. The van der Waals surface area contributed by atoms with Crippen molar-refractivity contribution >= 4 is 23.4 Å². The summed E-state index contributed by atoms with van der Waals surface area (Å²) >= 11 is 1.23. The van der Waals surface area contributed by atoms with Gasteiger partial charge in [0.15, 0.2) is 11.0 Å². The number of aromatic nitrogens is 3. The molecule has 0 aliphatic carbocycles. The maximum absolute atomic E-state index is 13.3. The van der Waals surface area contributed by atoms with Gasteiger partial charge in [-0.3, -0.25) is 9.36 Å². The molecule has 0 saturated heterocycles. The molecule has 0 bridgehead atoms. The first kappa shape index (κ1) is 22.3. The van der Waals surface area contributed by atoms with E-state index in [1.807, 2.05) is 59.2 Å². The Bertz CT molecular complexity index is 1220. The summed E-state index contributed by atoms with van der Waals surface area (Å²) in [4.78, 5) is 12.4. The number of anilines is 1. The molecule has 7 nitrogen and oxygen atoms in total. The lowest BCUT2D eigenvalue weighted by molar-refractivity contribution is -0.113. The average Bonchev–Trinajstić information content (AvgIpc) is 3.25. The quantitative estimate of drug-likeness (QED) is 0.361. The van der Waals surface area contributed by atoms with E-state index in [0.717, 1.165) is 11.4 Å². The molecule has 4 aromatic rings. The first-order chi connectivity index (χ1) is 16.1. The molecule has 0 spiro atoms. The summed E-state index contributed by atoms with van der Waals surface area (Å²) < 4.78 is 26.2. The number of nitrogens with zero attached hydrogens (tertiary/aromatic N) is 3. The third-order valence-electron chi connectivity index (χ3n) is 4.58. The van der Waals surface area contributed by atoms with Crippen molar-refractivity contribution in [3.8, 4) is 17.2 Å². The third-order valence-corrected chi connectivity index (χ3v) is 5.51. The largest absolute Gasteiger partial charge is 0.497 e. The molecule has 33 heavy (non-hydrogen) atoms. The second-order valence-corrected chi connectivity index (χ2v) is 7.82. The van der Waals surface area contributed by atoms with Crippen molar-refractivity contribution in [1.82, 2.24) is 14.8 Å². The van der Waals surface area contributed by atoms with Gasteiger partial charge in [0.2, 0.25) is 5.91 Å². The zero-order valence-electron chi connectivity index (χ0n) is 17.8. The summed E-state index contributed by atoms with van der Waals surface area (Å²) in [7, 11) is 1.61. The van der Waals surface area contributed by atoms with Gasteiger partial charge in [-0.1, -0.05) is 36.0 Å². The molecule has 0 aliphatic heterocycles. The Kier molecular flexibility index (Phi) is 7.21. The molecule has 0 saturated carbocycles. The van der Waals surface area contributed by atoms with Gasteiger partial charge in [0.05, 0.1) is 12.9 Å². The minimum Gasteiger partial charge on any atom is -0.497 e. The molecule has 0 fully saturated rings. The molecule has 4 rings (SSSR count). The normalized spacial score (nSPS) is 10.6. The number of halogens is 1. The predicted octanol–water partition coefficient (Wildman–Crippen LogP) is 4.72. The van der Waals surface area contributed by atoms with Crippen LogP contribution in [0.15, 0.2) is 84.0 Å². The minimum absolute atomic E-state index is 0.0841. The monoisotopic (exact) mass is 464 g/mol. The highest BCUT2D eigenvalue weighted by molar-refractivity contribution is 7.99. The number of nitrogens with one attached hydrogen (secondary N) is 1. The van der Waals surface area contributed by atoms with Crippen LogP contribution in [0, 0.1) is 5.82 Å². The van der Waals surface area contributed by atoms with Gasteiger partial charge in [-0.25, -0.2) is 4.39 Å². The summed E-state index contributed by atoms with van der Waals surface area (Å²) in [5.41, 5.74) is 1.25. The smallest absolute Gasteiger partial charge is 0.234 e. The first-order valence-corrected chi connectivity index (χ1v) is 11.1. The van der Waals surface area contributed by atoms with Crippen LogP contribution in [-0.4, -0.2) is 33.5 Å². The van der Waals surface area contributed by atoms with Crippen LogP contribution >= 0.6 is 11.8 Å². The number of benzene rings is 3. The van der Waals surface area contributed by atoms with Crippen LogP contribution in [0.5, 0.6) is 11.5 Å². The molecule has 1 N–H and O–H groups in total. The fraction of sp³-hybridized carbons (Fsp3) is 0.125. The van der Waals surface area contributed by atoms with E-state index >= 15 is 0 Å². The molecule has 0 unspecified atom stereocenters. The lowest BCUT2D eigenvalue weighted by Crippen LogP contribution is -2.15. The summed E-state index contributed by atoms with van der Waals surface area (Å²) in [5, 5.41) is 11.8. The van der Waals surface area contributed by atoms with Gasteiger partial charge < -0.3 is 14.8 Å². The molecule has 9 heteroatoms. The molecule has 3 aromatic carbocycles. The molecule has 0 aliphatic rings. The fourth-order valence-corrected chi connectivity index (χ4v) is 3.81. The topological polar surface area (TPSA) is 78.3 Å². The Morgan fingerprint density at radius 1 is 1.00 bits per heavy atom. The zero-order chi connectivity index (χ0) is 23.0. The number of ether oxygens (including phenoxy) is 2. The van der Waals surface area contributed by atoms with Crippen molar-refractivity contribution in [2.45, 2.75) is 11.8 Å². The standard InChI is InChI=1S/C24H21FN4O3S/c1-31-20-10-12-21(13-11-20)32-15-22-27-28-24(29(22)19-8-3-2-4-9-19)33-16-23(30)26-18-7-5-6-17(25)14-18/h2-14H,15-16H2,1H3,(H,26,30). The maximum atomic E-state index is 13.3. The van der Waals surface area contributed by atoms with Gasteiger partial charge >= 0.3 is 0 Å². The van der Waals surface area contributed by atoms with E-state index < -0.39 is 5.82 Å². The third kappa shape index (κ3) is 5.89. The van der Waals surface area contributed by atoms with E-state index in [4.69, 9.17) is 9.47 Å². The number of carbonyl (C=O) groups is 1. The van der Waals surface area contributed by atoms with E-state index in [2.05, 4.69) is 15.5 Å². The van der Waals surface area contributed by atoms with Gasteiger partial charge in [0.25, 0.3) is 0 Å². The van der Waals surface area contributed by atoms with E-state index in [0.29, 0.717) is 22.4 Å². The molecular weight excluding hydrogens is 443 g/mol. The van der Waals surface area contributed by atoms with Gasteiger partial charge in [0, 0.05) is 11.4 Å². The van der Waals surface area contributed by atoms with E-state index in [9.17, 15) is 9.18 Å². The summed E-state index contributed by atoms with van der Waals surface area (Å²) in [6.07, 6.45) is 0. The van der Waals surface area contributed by atoms with Crippen LogP contribution in [0.1, 0.15) is 5.82 Å². The van der Waals surface area contributed by atoms with E-state index in [1.165, 1.54) is 23.9 Å². The highest BCUT2D eigenvalue weighted by Gasteiger charge is 2.16. The zero-order valence-corrected chi connectivity index (χ0v) is 18.6. The summed E-state index contributed by atoms with van der Waals surface area (Å²) in [6.45, 7) is 0.185. The van der Waals surface area contributed by atoms with Gasteiger partial charge in [0.1, 0.15) is 23.9 Å². The number of amides is 1. The van der Waals surface area contributed by atoms with Gasteiger partial charge in [-0.05, 0) is 54.6 Å². The maximum Gasteiger partial charge on any atom is 0.234 e. The van der Waals surface area contributed by atoms with Crippen LogP contribution in [-0.2, 0) is 11.4 Å². The Hall–Kier alpha value is -3.85. The van der Waals surface area contributed by atoms with Crippen molar-refractivity contribution in [1.29, 1.82) is 0 Å². The van der Waals surface area contributed by atoms with Crippen molar-refractivity contribution in [2.24, 2.45) is 0 Å². The minimum atomic E-state index is -0.411. The van der Waals surface area contributed by atoms with Crippen LogP contribution in [0.2, 0.25) is 0 Å². The molecule has 1 aromatic heterocycles. The number of methoxy groups -OCH3 is 1. The lowest BCUT2D eigenvalue weighted by atomic mass is 10.3. The lowest BCUT2D eigenvalue weighted by Gasteiger charge is -2.11. The Morgan fingerprint density at radius 3 is 2.48 bits per heavy atom. The molecule has 0 radical (unpaired) electrons. The van der Waals surface area contributed by atoms with Crippen molar-refractivity contribution in [3.05, 3.63) is 90.5 Å². The molecule has 0 atom stereocenters. The number of rotatable bonds is 9. The SMILES string of the molecule is COc1ccc(OCc2nnc(SCC(=O)Nc3cccc(F)c3)n2-c2ccccc2)cc1. The number of para-hydroxylation sites is 1. The Balaban J connectivity index is 1.48.